The number of carbonyl (C=O) groups excluding carboxylic acids is 1. The maximum atomic E-state index is 12.0. The van der Waals surface area contributed by atoms with E-state index in [1.807, 2.05) is 30.3 Å². The average molecular weight is 390 g/mol. The van der Waals surface area contributed by atoms with Crippen molar-refractivity contribution in [3.05, 3.63) is 75.8 Å². The number of carboxylic acid groups (broad SMARTS) is 1. The van der Waals surface area contributed by atoms with E-state index >= 15 is 0 Å². The quantitative estimate of drug-likeness (QED) is 0.498. The number of carboxylic acids is 1. The minimum atomic E-state index is -1.19. The lowest BCUT2D eigenvalue weighted by molar-refractivity contribution is -0.384. The van der Waals surface area contributed by atoms with Crippen LogP contribution in [0.2, 0.25) is 0 Å². The standard InChI is InChI=1S/C18H18N2O6S/c21-17(22)16(11-26-10-13-4-2-1-3-5-13)19-18(23)27-12-14-6-8-15(9-7-14)20(24)25/h1-9,16H,10-12H2,(H,19,23)(H,21,22)/t16-/m0/s1. The Kier molecular flexibility index (Phi) is 7.78. The van der Waals surface area contributed by atoms with E-state index in [2.05, 4.69) is 5.32 Å². The van der Waals surface area contributed by atoms with Crippen molar-refractivity contribution in [2.75, 3.05) is 6.61 Å². The smallest absolute Gasteiger partial charge is 0.328 e. The van der Waals surface area contributed by atoms with Gasteiger partial charge in [-0.25, -0.2) is 4.79 Å². The van der Waals surface area contributed by atoms with E-state index in [4.69, 9.17) is 4.74 Å². The van der Waals surface area contributed by atoms with Crippen LogP contribution in [0.1, 0.15) is 11.1 Å². The number of nitro benzene ring substituents is 1. The Balaban J connectivity index is 1.78. The number of non-ortho nitro benzene ring substituents is 1. The molecule has 1 amide bonds. The van der Waals surface area contributed by atoms with Crippen molar-refractivity contribution in [3.8, 4) is 0 Å². The predicted octanol–water partition coefficient (Wildman–Crippen LogP) is 3.21. The van der Waals surface area contributed by atoms with Gasteiger partial charge in [-0.3, -0.25) is 14.9 Å². The first-order valence-corrected chi connectivity index (χ1v) is 8.95. The molecule has 0 radical (unpaired) electrons. The van der Waals surface area contributed by atoms with E-state index in [-0.39, 0.29) is 24.7 Å². The number of thioether (sulfide) groups is 1. The van der Waals surface area contributed by atoms with E-state index in [9.17, 15) is 24.8 Å². The summed E-state index contributed by atoms with van der Waals surface area (Å²) in [6.07, 6.45) is 0. The molecule has 0 bridgehead atoms. The molecule has 0 spiro atoms. The van der Waals surface area contributed by atoms with Gasteiger partial charge < -0.3 is 15.2 Å². The number of nitrogens with one attached hydrogen (secondary N) is 1. The molecule has 9 heteroatoms. The number of rotatable bonds is 9. The summed E-state index contributed by atoms with van der Waals surface area (Å²) in [5.41, 5.74) is 1.59. The molecule has 2 N–H and O–H groups in total. The van der Waals surface area contributed by atoms with Crippen molar-refractivity contribution in [2.45, 2.75) is 18.4 Å². The molecule has 0 heterocycles. The summed E-state index contributed by atoms with van der Waals surface area (Å²) in [4.78, 5) is 33.4. The summed E-state index contributed by atoms with van der Waals surface area (Å²) in [5, 5.41) is 21.7. The number of ether oxygens (including phenoxy) is 1. The third-order valence-electron chi connectivity index (χ3n) is 3.50. The minimum absolute atomic E-state index is 0.0327. The molecule has 8 nitrogen and oxygen atoms in total. The number of hydrogen-bond donors (Lipinski definition) is 2. The summed E-state index contributed by atoms with van der Waals surface area (Å²) in [6, 6.07) is 13.9. The Morgan fingerprint density at radius 2 is 1.78 bits per heavy atom. The number of aliphatic carboxylic acids is 1. The zero-order valence-electron chi connectivity index (χ0n) is 14.2. The predicted molar refractivity (Wildman–Crippen MR) is 100 cm³/mol. The van der Waals surface area contributed by atoms with Gasteiger partial charge in [0.15, 0.2) is 6.04 Å². The van der Waals surface area contributed by atoms with E-state index in [1.165, 1.54) is 12.1 Å². The topological polar surface area (TPSA) is 119 Å². The molecule has 0 fully saturated rings. The van der Waals surface area contributed by atoms with Crippen molar-refractivity contribution >= 4 is 28.7 Å². The number of carbonyl (C=O) groups is 2. The molecule has 2 rings (SSSR count). The van der Waals surface area contributed by atoms with Crippen LogP contribution in [-0.2, 0) is 21.9 Å². The molecular weight excluding hydrogens is 372 g/mol. The molecule has 142 valence electrons. The number of nitrogens with zero attached hydrogens (tertiary/aromatic N) is 1. The first-order chi connectivity index (χ1) is 13.0. The van der Waals surface area contributed by atoms with Gasteiger partial charge in [0.2, 0.25) is 0 Å². The van der Waals surface area contributed by atoms with Crippen LogP contribution in [0.15, 0.2) is 54.6 Å². The number of benzene rings is 2. The second kappa shape index (κ2) is 10.3. The Morgan fingerprint density at radius 3 is 2.37 bits per heavy atom. The van der Waals surface area contributed by atoms with Gasteiger partial charge >= 0.3 is 5.97 Å². The summed E-state index contributed by atoms with van der Waals surface area (Å²) in [6.45, 7) is 0.0878. The molecule has 2 aromatic rings. The number of amides is 1. The second-order valence-corrected chi connectivity index (χ2v) is 6.48. The molecule has 2 aromatic carbocycles. The Labute approximate surface area is 159 Å². The van der Waals surface area contributed by atoms with Crippen LogP contribution in [0, 0.1) is 10.1 Å². The fourth-order valence-electron chi connectivity index (χ4n) is 2.09. The van der Waals surface area contributed by atoms with Crippen LogP contribution < -0.4 is 5.32 Å². The molecule has 0 unspecified atom stereocenters. The van der Waals surface area contributed by atoms with Crippen LogP contribution >= 0.6 is 11.8 Å². The zero-order chi connectivity index (χ0) is 19.6. The Morgan fingerprint density at radius 1 is 1.11 bits per heavy atom. The SMILES string of the molecule is O=C(N[C@@H](COCc1ccccc1)C(=O)O)SCc1ccc([N+](=O)[O-])cc1. The third kappa shape index (κ3) is 7.08. The lowest BCUT2D eigenvalue weighted by atomic mass is 10.2. The Hall–Kier alpha value is -2.91. The van der Waals surface area contributed by atoms with Gasteiger partial charge in [0.1, 0.15) is 0 Å². The average Bonchev–Trinajstić information content (AvgIpc) is 2.66. The highest BCUT2D eigenvalue weighted by molar-refractivity contribution is 8.12. The first-order valence-electron chi connectivity index (χ1n) is 7.97. The maximum Gasteiger partial charge on any atom is 0.328 e. The number of hydrogen-bond acceptors (Lipinski definition) is 6. The van der Waals surface area contributed by atoms with Crippen LogP contribution in [0.4, 0.5) is 10.5 Å². The molecule has 27 heavy (non-hydrogen) atoms. The van der Waals surface area contributed by atoms with Gasteiger partial charge in [-0.15, -0.1) is 0 Å². The highest BCUT2D eigenvalue weighted by Gasteiger charge is 2.20. The van der Waals surface area contributed by atoms with Crippen molar-refractivity contribution < 1.29 is 24.4 Å². The zero-order valence-corrected chi connectivity index (χ0v) is 15.1. The van der Waals surface area contributed by atoms with Crippen LogP contribution in [0.25, 0.3) is 0 Å². The maximum absolute atomic E-state index is 12.0. The largest absolute Gasteiger partial charge is 0.480 e. The van der Waals surface area contributed by atoms with E-state index in [0.29, 0.717) is 5.56 Å². The van der Waals surface area contributed by atoms with Crippen molar-refractivity contribution in [1.29, 1.82) is 0 Å². The first kappa shape index (κ1) is 20.4. The molecular formula is C18H18N2O6S. The highest BCUT2D eigenvalue weighted by atomic mass is 32.2. The normalized spacial score (nSPS) is 11.6. The second-order valence-electron chi connectivity index (χ2n) is 5.54. The van der Waals surface area contributed by atoms with Gasteiger partial charge in [0.25, 0.3) is 10.9 Å². The monoisotopic (exact) mass is 390 g/mol. The van der Waals surface area contributed by atoms with E-state index in [0.717, 1.165) is 17.3 Å². The van der Waals surface area contributed by atoms with Crippen molar-refractivity contribution in [1.82, 2.24) is 5.32 Å². The number of nitro groups is 1. The lowest BCUT2D eigenvalue weighted by Crippen LogP contribution is -2.42. The van der Waals surface area contributed by atoms with E-state index in [1.54, 1.807) is 12.1 Å². The van der Waals surface area contributed by atoms with Gasteiger partial charge in [0.05, 0.1) is 18.1 Å². The van der Waals surface area contributed by atoms with Crippen molar-refractivity contribution in [2.24, 2.45) is 0 Å². The summed E-state index contributed by atoms with van der Waals surface area (Å²) in [7, 11) is 0. The molecule has 0 aliphatic heterocycles. The summed E-state index contributed by atoms with van der Waals surface area (Å²) in [5.74, 6) is -0.923. The fourth-order valence-corrected chi connectivity index (χ4v) is 2.81. The van der Waals surface area contributed by atoms with Gasteiger partial charge in [-0.2, -0.15) is 0 Å². The molecule has 0 aromatic heterocycles. The molecule has 0 saturated carbocycles. The van der Waals surface area contributed by atoms with Gasteiger partial charge in [-0.05, 0) is 11.1 Å². The highest BCUT2D eigenvalue weighted by Crippen LogP contribution is 2.17. The van der Waals surface area contributed by atoms with Gasteiger partial charge in [-0.1, -0.05) is 54.2 Å². The van der Waals surface area contributed by atoms with Gasteiger partial charge in [0, 0.05) is 17.9 Å². The minimum Gasteiger partial charge on any atom is -0.480 e. The summed E-state index contributed by atoms with van der Waals surface area (Å²) < 4.78 is 5.37. The lowest BCUT2D eigenvalue weighted by Gasteiger charge is -2.14. The molecule has 1 atom stereocenters. The van der Waals surface area contributed by atoms with Crippen LogP contribution in [-0.4, -0.2) is 33.9 Å². The molecule has 0 saturated heterocycles. The third-order valence-corrected chi connectivity index (χ3v) is 4.36. The Bertz CT molecular complexity index is 782. The van der Waals surface area contributed by atoms with Crippen LogP contribution in [0.3, 0.4) is 0 Å². The molecule has 0 aliphatic rings. The van der Waals surface area contributed by atoms with Crippen LogP contribution in [0.5, 0.6) is 0 Å². The fraction of sp³-hybridized carbons (Fsp3) is 0.222. The summed E-state index contributed by atoms with van der Waals surface area (Å²) >= 11 is 0.881. The molecule has 0 aliphatic carbocycles. The van der Waals surface area contributed by atoms with E-state index < -0.39 is 22.2 Å². The van der Waals surface area contributed by atoms with Crippen molar-refractivity contribution in [3.63, 3.8) is 0 Å².